The molecule has 0 atom stereocenters. The maximum atomic E-state index is 12.1. The third-order valence-electron chi connectivity index (χ3n) is 2.63. The predicted octanol–water partition coefficient (Wildman–Crippen LogP) is 2.24. The normalized spacial score (nSPS) is 11.3. The van der Waals surface area contributed by atoms with Gasteiger partial charge in [-0.15, -0.1) is 0 Å². The number of carbonyl (C=O) groups excluding carboxylic acids is 1. The van der Waals surface area contributed by atoms with Crippen LogP contribution in [0.4, 0.5) is 5.69 Å². The molecule has 6 nitrogen and oxygen atoms in total. The van der Waals surface area contributed by atoms with Crippen molar-refractivity contribution in [1.82, 2.24) is 5.06 Å². The van der Waals surface area contributed by atoms with Crippen LogP contribution in [-0.2, 0) is 14.4 Å². The van der Waals surface area contributed by atoms with E-state index in [1.165, 1.54) is 5.06 Å². The number of nitrogens with zero attached hydrogens (tertiary/aromatic N) is 1. The number of nitrogen functional groups attached to an aromatic ring is 1. The van der Waals surface area contributed by atoms with Gasteiger partial charge in [0, 0.05) is 12.8 Å². The van der Waals surface area contributed by atoms with Crippen LogP contribution in [0, 0.1) is 0 Å². The highest BCUT2D eigenvalue weighted by Crippen LogP contribution is 2.14. The molecule has 124 valence electrons. The van der Waals surface area contributed by atoms with E-state index in [1.54, 1.807) is 31.4 Å². The quantitative estimate of drug-likeness (QED) is 0.589. The van der Waals surface area contributed by atoms with E-state index in [0.717, 1.165) is 0 Å². The molecule has 0 aliphatic heterocycles. The first-order valence-electron chi connectivity index (χ1n) is 7.28. The van der Waals surface area contributed by atoms with Crippen molar-refractivity contribution in [3.05, 3.63) is 24.3 Å². The Bertz CT molecular complexity index is 454. The lowest BCUT2D eigenvalue weighted by Gasteiger charge is -2.29. The van der Waals surface area contributed by atoms with Gasteiger partial charge in [0.05, 0.1) is 25.2 Å². The van der Waals surface area contributed by atoms with Crippen molar-refractivity contribution >= 4 is 11.6 Å². The van der Waals surface area contributed by atoms with Gasteiger partial charge in [-0.3, -0.25) is 9.63 Å². The highest BCUT2D eigenvalue weighted by molar-refractivity contribution is 5.75. The maximum Gasteiger partial charge on any atom is 0.248 e. The SMILES string of the molecule is COCCC(=O)N(CCOc1ccc(N)cc1)OC(C)(C)C. The van der Waals surface area contributed by atoms with E-state index in [-0.39, 0.29) is 12.3 Å². The Hall–Kier alpha value is -1.79. The molecule has 0 spiro atoms. The molecule has 0 radical (unpaired) electrons. The number of hydrogen-bond donors (Lipinski definition) is 1. The zero-order valence-corrected chi connectivity index (χ0v) is 13.8. The molecule has 0 heterocycles. The number of anilines is 1. The van der Waals surface area contributed by atoms with Crippen molar-refractivity contribution in [1.29, 1.82) is 0 Å². The second kappa shape index (κ2) is 8.60. The lowest BCUT2D eigenvalue weighted by Crippen LogP contribution is -2.41. The third-order valence-corrected chi connectivity index (χ3v) is 2.63. The number of ether oxygens (including phenoxy) is 2. The van der Waals surface area contributed by atoms with E-state index in [2.05, 4.69) is 0 Å². The molecular formula is C16H26N2O4. The summed E-state index contributed by atoms with van der Waals surface area (Å²) in [6.07, 6.45) is 0.272. The highest BCUT2D eigenvalue weighted by atomic mass is 16.7. The Morgan fingerprint density at radius 1 is 1.18 bits per heavy atom. The molecule has 0 unspecified atom stereocenters. The van der Waals surface area contributed by atoms with Crippen molar-refractivity contribution in [2.75, 3.05) is 32.6 Å². The van der Waals surface area contributed by atoms with Crippen molar-refractivity contribution < 1.29 is 19.1 Å². The number of nitrogens with two attached hydrogens (primary N) is 1. The van der Waals surface area contributed by atoms with E-state index >= 15 is 0 Å². The minimum Gasteiger partial charge on any atom is -0.492 e. The summed E-state index contributed by atoms with van der Waals surface area (Å²) in [6.45, 7) is 6.71. The Balaban J connectivity index is 2.52. The third kappa shape index (κ3) is 7.28. The first-order valence-corrected chi connectivity index (χ1v) is 7.28. The maximum absolute atomic E-state index is 12.1. The van der Waals surface area contributed by atoms with E-state index in [9.17, 15) is 4.79 Å². The monoisotopic (exact) mass is 310 g/mol. The number of benzene rings is 1. The Labute approximate surface area is 132 Å². The number of amides is 1. The molecular weight excluding hydrogens is 284 g/mol. The predicted molar refractivity (Wildman–Crippen MR) is 85.4 cm³/mol. The summed E-state index contributed by atoms with van der Waals surface area (Å²) >= 11 is 0. The van der Waals surface area contributed by atoms with Gasteiger partial charge in [-0.25, -0.2) is 5.06 Å². The molecule has 1 amide bonds. The average molecular weight is 310 g/mol. The van der Waals surface area contributed by atoms with Crippen LogP contribution in [0.3, 0.4) is 0 Å². The molecule has 0 bridgehead atoms. The van der Waals surface area contributed by atoms with E-state index in [1.807, 2.05) is 20.8 Å². The Kier molecular flexibility index (Phi) is 7.14. The molecule has 6 heteroatoms. The molecule has 0 saturated heterocycles. The molecule has 0 saturated carbocycles. The van der Waals surface area contributed by atoms with Crippen LogP contribution in [0.25, 0.3) is 0 Å². The molecule has 0 aromatic heterocycles. The number of hydroxylamine groups is 2. The van der Waals surface area contributed by atoms with Crippen LogP contribution in [0.2, 0.25) is 0 Å². The summed E-state index contributed by atoms with van der Waals surface area (Å²) in [6, 6.07) is 7.11. The van der Waals surface area contributed by atoms with Crippen molar-refractivity contribution in [3.63, 3.8) is 0 Å². The summed E-state index contributed by atoms with van der Waals surface area (Å²) in [5.74, 6) is 0.576. The van der Waals surface area contributed by atoms with Gasteiger partial charge in [0.15, 0.2) is 0 Å². The fourth-order valence-electron chi connectivity index (χ4n) is 1.68. The highest BCUT2D eigenvalue weighted by Gasteiger charge is 2.21. The first-order chi connectivity index (χ1) is 10.3. The van der Waals surface area contributed by atoms with Crippen molar-refractivity contribution in [2.45, 2.75) is 32.8 Å². The minimum absolute atomic E-state index is 0.127. The molecule has 1 aromatic carbocycles. The largest absolute Gasteiger partial charge is 0.492 e. The second-order valence-electron chi connectivity index (χ2n) is 5.86. The summed E-state index contributed by atoms with van der Waals surface area (Å²) in [7, 11) is 1.56. The molecule has 0 aliphatic rings. The fraction of sp³-hybridized carbons (Fsp3) is 0.562. The van der Waals surface area contributed by atoms with Gasteiger partial charge in [0.2, 0.25) is 5.91 Å². The average Bonchev–Trinajstić information content (AvgIpc) is 2.44. The van der Waals surface area contributed by atoms with Crippen molar-refractivity contribution in [2.24, 2.45) is 0 Å². The summed E-state index contributed by atoms with van der Waals surface area (Å²) in [4.78, 5) is 17.8. The van der Waals surface area contributed by atoms with Gasteiger partial charge < -0.3 is 15.2 Å². The van der Waals surface area contributed by atoms with Gasteiger partial charge >= 0.3 is 0 Å². The van der Waals surface area contributed by atoms with Crippen LogP contribution in [0.1, 0.15) is 27.2 Å². The fourth-order valence-corrected chi connectivity index (χ4v) is 1.68. The number of hydrogen-bond acceptors (Lipinski definition) is 5. The molecule has 22 heavy (non-hydrogen) atoms. The topological polar surface area (TPSA) is 74.0 Å². The lowest BCUT2D eigenvalue weighted by molar-refractivity contribution is -0.229. The first kappa shape index (κ1) is 18.3. The smallest absolute Gasteiger partial charge is 0.248 e. The Morgan fingerprint density at radius 3 is 2.36 bits per heavy atom. The van der Waals surface area contributed by atoms with E-state index in [4.69, 9.17) is 20.0 Å². The number of methoxy groups -OCH3 is 1. The number of rotatable bonds is 8. The zero-order valence-electron chi connectivity index (χ0n) is 13.8. The summed E-state index contributed by atoms with van der Waals surface area (Å²) in [5, 5.41) is 1.34. The molecule has 0 fully saturated rings. The van der Waals surface area contributed by atoms with Gasteiger partial charge in [-0.1, -0.05) is 0 Å². The summed E-state index contributed by atoms with van der Waals surface area (Å²) in [5.41, 5.74) is 5.84. The van der Waals surface area contributed by atoms with Crippen LogP contribution in [0.5, 0.6) is 5.75 Å². The van der Waals surface area contributed by atoms with Crippen LogP contribution in [-0.4, -0.2) is 43.4 Å². The Morgan fingerprint density at radius 2 is 1.82 bits per heavy atom. The standard InChI is InChI=1S/C16H26N2O4/c1-16(2,3)22-18(15(19)9-11-20-4)10-12-21-14-7-5-13(17)6-8-14/h5-8H,9-12,17H2,1-4H3. The lowest BCUT2D eigenvalue weighted by atomic mass is 10.2. The van der Waals surface area contributed by atoms with E-state index in [0.29, 0.717) is 31.2 Å². The van der Waals surface area contributed by atoms with Crippen LogP contribution in [0.15, 0.2) is 24.3 Å². The van der Waals surface area contributed by atoms with Crippen LogP contribution < -0.4 is 10.5 Å². The molecule has 1 rings (SSSR count). The second-order valence-corrected chi connectivity index (χ2v) is 5.86. The van der Waals surface area contributed by atoms with Gasteiger partial charge in [-0.05, 0) is 45.0 Å². The summed E-state index contributed by atoms with van der Waals surface area (Å²) < 4.78 is 10.5. The van der Waals surface area contributed by atoms with E-state index < -0.39 is 5.60 Å². The molecule has 0 aliphatic carbocycles. The van der Waals surface area contributed by atoms with Crippen molar-refractivity contribution in [3.8, 4) is 5.75 Å². The molecule has 1 aromatic rings. The van der Waals surface area contributed by atoms with Gasteiger partial charge in [0.1, 0.15) is 12.4 Å². The molecule has 2 N–H and O–H groups in total. The van der Waals surface area contributed by atoms with Gasteiger partial charge in [-0.2, -0.15) is 0 Å². The van der Waals surface area contributed by atoms with Crippen LogP contribution >= 0.6 is 0 Å². The minimum atomic E-state index is -0.454. The zero-order chi connectivity index (χ0) is 16.6. The number of carbonyl (C=O) groups is 1. The van der Waals surface area contributed by atoms with Gasteiger partial charge in [0.25, 0.3) is 0 Å².